The molecule has 0 fully saturated rings. The van der Waals surface area contributed by atoms with Gasteiger partial charge in [-0.15, -0.1) is 0 Å². The third-order valence-electron chi connectivity index (χ3n) is 2.77. The monoisotopic (exact) mass is 292 g/mol. The molecule has 0 aliphatic carbocycles. The maximum Gasteiger partial charge on any atom is 0.313 e. The Morgan fingerprint density at radius 3 is 2.60 bits per heavy atom. The molecular formula is C14H13ClN2O3. The Balaban J connectivity index is 2.42. The van der Waals surface area contributed by atoms with E-state index in [0.717, 1.165) is 11.1 Å². The van der Waals surface area contributed by atoms with Gasteiger partial charge in [0.2, 0.25) is 5.75 Å². The van der Waals surface area contributed by atoms with Gasteiger partial charge in [-0.1, -0.05) is 29.3 Å². The molecule has 6 heteroatoms. The molecule has 2 N–H and O–H groups in total. The van der Waals surface area contributed by atoms with Gasteiger partial charge in [-0.25, -0.2) is 0 Å². The fourth-order valence-electron chi connectivity index (χ4n) is 1.81. The van der Waals surface area contributed by atoms with Gasteiger partial charge in [-0.05, 0) is 25.1 Å². The van der Waals surface area contributed by atoms with Crippen molar-refractivity contribution in [3.05, 3.63) is 62.7 Å². The van der Waals surface area contributed by atoms with Crippen molar-refractivity contribution in [1.82, 2.24) is 0 Å². The van der Waals surface area contributed by atoms with Crippen molar-refractivity contribution in [3.8, 4) is 11.5 Å². The number of nitro benzene ring substituents is 1. The molecule has 104 valence electrons. The Kier molecular flexibility index (Phi) is 4.22. The average molecular weight is 293 g/mol. The van der Waals surface area contributed by atoms with Gasteiger partial charge in [0.05, 0.1) is 4.92 Å². The fraction of sp³-hybridized carbons (Fsp3) is 0.143. The summed E-state index contributed by atoms with van der Waals surface area (Å²) in [5.74, 6) is 0.640. The molecule has 0 bridgehead atoms. The molecule has 5 nitrogen and oxygen atoms in total. The lowest BCUT2D eigenvalue weighted by atomic mass is 10.1. The number of nitro groups is 1. The van der Waals surface area contributed by atoms with Gasteiger partial charge in [0, 0.05) is 23.2 Å². The Hall–Kier alpha value is -2.11. The van der Waals surface area contributed by atoms with Crippen molar-refractivity contribution >= 4 is 17.3 Å². The van der Waals surface area contributed by atoms with E-state index in [4.69, 9.17) is 22.1 Å². The molecule has 0 atom stereocenters. The zero-order valence-electron chi connectivity index (χ0n) is 10.8. The first-order chi connectivity index (χ1) is 9.51. The number of hydrogen-bond acceptors (Lipinski definition) is 4. The normalized spacial score (nSPS) is 10.3. The molecule has 0 aromatic heterocycles. The minimum Gasteiger partial charge on any atom is -0.450 e. The van der Waals surface area contributed by atoms with Crippen molar-refractivity contribution in [2.24, 2.45) is 5.73 Å². The van der Waals surface area contributed by atoms with Crippen LogP contribution in [-0.2, 0) is 6.54 Å². The van der Waals surface area contributed by atoms with Gasteiger partial charge in [-0.2, -0.15) is 0 Å². The van der Waals surface area contributed by atoms with E-state index >= 15 is 0 Å². The number of aryl methyl sites for hydroxylation is 1. The molecule has 0 saturated carbocycles. The lowest BCUT2D eigenvalue weighted by molar-refractivity contribution is -0.385. The summed E-state index contributed by atoms with van der Waals surface area (Å²) in [6.45, 7) is 2.23. The predicted octanol–water partition coefficient (Wildman–Crippen LogP) is 3.81. The van der Waals surface area contributed by atoms with Crippen LogP contribution in [0.25, 0.3) is 0 Å². The van der Waals surface area contributed by atoms with Crippen molar-refractivity contribution in [1.29, 1.82) is 0 Å². The zero-order chi connectivity index (χ0) is 14.7. The van der Waals surface area contributed by atoms with Crippen LogP contribution < -0.4 is 10.5 Å². The highest BCUT2D eigenvalue weighted by Gasteiger charge is 2.17. The van der Waals surface area contributed by atoms with E-state index in [1.54, 1.807) is 12.1 Å². The van der Waals surface area contributed by atoms with E-state index in [1.165, 1.54) is 12.1 Å². The molecule has 0 radical (unpaired) electrons. The molecule has 0 spiro atoms. The highest BCUT2D eigenvalue weighted by Crippen LogP contribution is 2.34. The number of nitrogens with zero attached hydrogens (tertiary/aromatic N) is 1. The topological polar surface area (TPSA) is 78.4 Å². The van der Waals surface area contributed by atoms with Gasteiger partial charge in [-0.3, -0.25) is 10.1 Å². The molecule has 20 heavy (non-hydrogen) atoms. The lowest BCUT2D eigenvalue weighted by Gasteiger charge is -2.11. The van der Waals surface area contributed by atoms with Crippen LogP contribution >= 0.6 is 11.6 Å². The highest BCUT2D eigenvalue weighted by molar-refractivity contribution is 6.30. The summed E-state index contributed by atoms with van der Waals surface area (Å²) in [6.07, 6.45) is 0. The summed E-state index contributed by atoms with van der Waals surface area (Å²) in [5.41, 5.74) is 7.31. The number of ether oxygens (including phenoxy) is 1. The largest absolute Gasteiger partial charge is 0.450 e. The SMILES string of the molecule is Cc1ccc(Oc2ccc(Cl)cc2[N+](=O)[O-])c(CN)c1. The number of halogens is 1. The van der Waals surface area contributed by atoms with Crippen LogP contribution in [0.2, 0.25) is 5.02 Å². The lowest BCUT2D eigenvalue weighted by Crippen LogP contribution is -2.01. The van der Waals surface area contributed by atoms with Crippen LogP contribution in [0.5, 0.6) is 11.5 Å². The van der Waals surface area contributed by atoms with E-state index in [-0.39, 0.29) is 16.5 Å². The summed E-state index contributed by atoms with van der Waals surface area (Å²) in [5, 5.41) is 11.3. The molecule has 0 aliphatic heterocycles. The first-order valence-electron chi connectivity index (χ1n) is 5.92. The van der Waals surface area contributed by atoms with Crippen molar-refractivity contribution in [2.75, 3.05) is 0 Å². The van der Waals surface area contributed by atoms with Crippen molar-refractivity contribution < 1.29 is 9.66 Å². The number of benzene rings is 2. The highest BCUT2D eigenvalue weighted by atomic mass is 35.5. The predicted molar refractivity (Wildman–Crippen MR) is 77.3 cm³/mol. The molecule has 0 unspecified atom stereocenters. The van der Waals surface area contributed by atoms with Gasteiger partial charge < -0.3 is 10.5 Å². The summed E-state index contributed by atoms with van der Waals surface area (Å²) < 4.78 is 5.62. The Labute approximate surface area is 121 Å². The first-order valence-corrected chi connectivity index (χ1v) is 6.30. The van der Waals surface area contributed by atoms with Crippen LogP contribution in [0.1, 0.15) is 11.1 Å². The Morgan fingerprint density at radius 1 is 1.25 bits per heavy atom. The molecular weight excluding hydrogens is 280 g/mol. The second-order valence-corrected chi connectivity index (χ2v) is 4.72. The van der Waals surface area contributed by atoms with Crippen molar-refractivity contribution in [2.45, 2.75) is 13.5 Å². The first kappa shape index (κ1) is 14.3. The summed E-state index contributed by atoms with van der Waals surface area (Å²) in [4.78, 5) is 10.5. The smallest absolute Gasteiger partial charge is 0.313 e. The van der Waals surface area contributed by atoms with E-state index in [1.807, 2.05) is 19.1 Å². The summed E-state index contributed by atoms with van der Waals surface area (Å²) >= 11 is 5.76. The maximum absolute atomic E-state index is 11.0. The molecule has 0 amide bonds. The quantitative estimate of drug-likeness (QED) is 0.686. The van der Waals surface area contributed by atoms with Crippen LogP contribution in [0, 0.1) is 17.0 Å². The third kappa shape index (κ3) is 3.07. The number of nitrogens with two attached hydrogens (primary N) is 1. The van der Waals surface area contributed by atoms with Crippen LogP contribution in [0.3, 0.4) is 0 Å². The third-order valence-corrected chi connectivity index (χ3v) is 3.01. The maximum atomic E-state index is 11.0. The molecule has 0 saturated heterocycles. The minimum atomic E-state index is -0.530. The van der Waals surface area contributed by atoms with Crippen LogP contribution in [0.15, 0.2) is 36.4 Å². The number of rotatable bonds is 4. The standard InChI is InChI=1S/C14H13ClN2O3/c1-9-2-4-13(10(6-9)8-16)20-14-5-3-11(15)7-12(14)17(18)19/h2-7H,8,16H2,1H3. The average Bonchev–Trinajstić information content (AvgIpc) is 2.42. The molecule has 2 aromatic carbocycles. The van der Waals surface area contributed by atoms with Gasteiger partial charge in [0.25, 0.3) is 0 Å². The second kappa shape index (κ2) is 5.90. The second-order valence-electron chi connectivity index (χ2n) is 4.29. The Morgan fingerprint density at radius 2 is 1.95 bits per heavy atom. The van der Waals surface area contributed by atoms with Crippen LogP contribution in [-0.4, -0.2) is 4.92 Å². The van der Waals surface area contributed by atoms with Gasteiger partial charge in [0.15, 0.2) is 0 Å². The summed E-state index contributed by atoms with van der Waals surface area (Å²) in [6, 6.07) is 9.76. The van der Waals surface area contributed by atoms with E-state index < -0.39 is 4.92 Å². The Bertz CT molecular complexity index is 659. The number of hydrogen-bond donors (Lipinski definition) is 1. The van der Waals surface area contributed by atoms with E-state index in [0.29, 0.717) is 12.3 Å². The molecule has 2 rings (SSSR count). The molecule has 0 aliphatic rings. The van der Waals surface area contributed by atoms with E-state index in [2.05, 4.69) is 0 Å². The van der Waals surface area contributed by atoms with E-state index in [9.17, 15) is 10.1 Å². The van der Waals surface area contributed by atoms with Gasteiger partial charge in [0.1, 0.15) is 5.75 Å². The van der Waals surface area contributed by atoms with Crippen LogP contribution in [0.4, 0.5) is 5.69 Å². The fourth-order valence-corrected chi connectivity index (χ4v) is 1.97. The molecule has 0 heterocycles. The molecule has 2 aromatic rings. The van der Waals surface area contributed by atoms with Crippen molar-refractivity contribution in [3.63, 3.8) is 0 Å². The minimum absolute atomic E-state index is 0.137. The summed E-state index contributed by atoms with van der Waals surface area (Å²) in [7, 11) is 0. The zero-order valence-corrected chi connectivity index (χ0v) is 11.6. The van der Waals surface area contributed by atoms with Gasteiger partial charge >= 0.3 is 5.69 Å².